The summed E-state index contributed by atoms with van der Waals surface area (Å²) in [5.74, 6) is -0.866. The molecule has 0 aromatic carbocycles. The van der Waals surface area contributed by atoms with E-state index in [0.29, 0.717) is 19.3 Å². The van der Waals surface area contributed by atoms with Crippen LogP contribution in [0, 0.1) is 0 Å². The van der Waals surface area contributed by atoms with Gasteiger partial charge in [-0.05, 0) is 96.3 Å². The zero-order valence-electron chi connectivity index (χ0n) is 51.7. The summed E-state index contributed by atoms with van der Waals surface area (Å²) >= 11 is 0. The third-order valence-corrected chi connectivity index (χ3v) is 14.6. The summed E-state index contributed by atoms with van der Waals surface area (Å²) in [6, 6.07) is 0. The van der Waals surface area contributed by atoms with Crippen molar-refractivity contribution in [2.75, 3.05) is 13.2 Å². The summed E-state index contributed by atoms with van der Waals surface area (Å²) in [5.41, 5.74) is 0. The molecule has 0 aliphatic heterocycles. The Morgan fingerprint density at radius 2 is 0.500 bits per heavy atom. The first-order valence-electron chi connectivity index (χ1n) is 33.6. The van der Waals surface area contributed by atoms with Crippen LogP contribution in [0.1, 0.15) is 335 Å². The molecule has 0 aromatic heterocycles. The van der Waals surface area contributed by atoms with Crippen LogP contribution < -0.4 is 0 Å². The van der Waals surface area contributed by atoms with Gasteiger partial charge in [-0.15, -0.1) is 0 Å². The molecule has 0 rings (SSSR count). The molecule has 0 aromatic rings. The standard InChI is InChI=1S/C72H126O6/c1-4-7-10-13-16-19-22-24-26-28-30-32-34-35-36-37-39-40-42-44-46-48-50-53-56-59-62-65-71(74)77-68-69(67-76-70(73)64-61-58-55-52-21-18-15-12-9-6-3)78-72(75)66-63-60-57-54-51-49-47-45-43-41-38-33-31-29-27-25-23-20-17-14-11-8-5-2/h7,10,16,19,23-26,29-32,35-36,69H,4-6,8-9,11-15,17-18,20-22,27-28,33-34,37-68H2,1-3H3/b10-7-,19-16-,25-23-,26-24-,31-29-,32-30-,36-35-. The molecule has 0 aliphatic rings. The van der Waals surface area contributed by atoms with Crippen LogP contribution in [-0.2, 0) is 28.6 Å². The number of esters is 3. The minimum atomic E-state index is -0.777. The number of ether oxygens (including phenoxy) is 3. The molecule has 0 spiro atoms. The molecule has 0 saturated heterocycles. The van der Waals surface area contributed by atoms with Crippen molar-refractivity contribution in [3.05, 3.63) is 85.1 Å². The molecule has 0 aliphatic carbocycles. The van der Waals surface area contributed by atoms with E-state index in [0.717, 1.165) is 96.3 Å². The monoisotopic (exact) mass is 1090 g/mol. The van der Waals surface area contributed by atoms with Gasteiger partial charge in [-0.25, -0.2) is 0 Å². The van der Waals surface area contributed by atoms with Crippen molar-refractivity contribution in [3.8, 4) is 0 Å². The first kappa shape index (κ1) is 74.6. The van der Waals surface area contributed by atoms with Gasteiger partial charge in [0.1, 0.15) is 13.2 Å². The van der Waals surface area contributed by atoms with E-state index in [1.807, 2.05) is 0 Å². The molecule has 1 atom stereocenters. The first-order valence-corrected chi connectivity index (χ1v) is 33.6. The van der Waals surface area contributed by atoms with E-state index in [4.69, 9.17) is 14.2 Å². The lowest BCUT2D eigenvalue weighted by Crippen LogP contribution is -2.30. The summed E-state index contributed by atoms with van der Waals surface area (Å²) in [4.78, 5) is 38.3. The molecule has 0 amide bonds. The van der Waals surface area contributed by atoms with Crippen molar-refractivity contribution in [1.29, 1.82) is 0 Å². The molecule has 6 nitrogen and oxygen atoms in total. The van der Waals surface area contributed by atoms with Gasteiger partial charge in [-0.2, -0.15) is 0 Å². The maximum absolute atomic E-state index is 12.9. The fourth-order valence-corrected chi connectivity index (χ4v) is 9.62. The average Bonchev–Trinajstić information content (AvgIpc) is 3.44. The van der Waals surface area contributed by atoms with Crippen molar-refractivity contribution in [2.45, 2.75) is 341 Å². The second-order valence-electron chi connectivity index (χ2n) is 22.4. The highest BCUT2D eigenvalue weighted by atomic mass is 16.6. The molecular weight excluding hydrogens is 961 g/mol. The number of rotatable bonds is 61. The second kappa shape index (κ2) is 66.1. The molecular formula is C72H126O6. The van der Waals surface area contributed by atoms with Gasteiger partial charge in [-0.1, -0.05) is 305 Å². The zero-order valence-corrected chi connectivity index (χ0v) is 51.7. The Morgan fingerprint density at radius 1 is 0.269 bits per heavy atom. The fraction of sp³-hybridized carbons (Fsp3) is 0.764. The molecule has 78 heavy (non-hydrogen) atoms. The number of hydrogen-bond acceptors (Lipinski definition) is 6. The lowest BCUT2D eigenvalue weighted by Gasteiger charge is -2.18. The topological polar surface area (TPSA) is 78.9 Å². The quantitative estimate of drug-likeness (QED) is 0.0261. The van der Waals surface area contributed by atoms with Crippen LogP contribution in [0.5, 0.6) is 0 Å². The first-order chi connectivity index (χ1) is 38.5. The summed E-state index contributed by atoms with van der Waals surface area (Å²) in [7, 11) is 0. The highest BCUT2D eigenvalue weighted by molar-refractivity contribution is 5.71. The molecule has 1 unspecified atom stereocenters. The van der Waals surface area contributed by atoms with E-state index in [9.17, 15) is 14.4 Å². The summed E-state index contributed by atoms with van der Waals surface area (Å²) < 4.78 is 16.9. The van der Waals surface area contributed by atoms with E-state index in [-0.39, 0.29) is 31.1 Å². The summed E-state index contributed by atoms with van der Waals surface area (Å²) in [6.45, 7) is 6.54. The number of carbonyl (C=O) groups is 3. The van der Waals surface area contributed by atoms with Crippen molar-refractivity contribution in [2.24, 2.45) is 0 Å². The Balaban J connectivity index is 4.22. The Labute approximate surface area is 484 Å². The van der Waals surface area contributed by atoms with E-state index in [2.05, 4.69) is 106 Å². The third kappa shape index (κ3) is 63.4. The van der Waals surface area contributed by atoms with E-state index < -0.39 is 6.10 Å². The second-order valence-corrected chi connectivity index (χ2v) is 22.4. The van der Waals surface area contributed by atoms with Crippen molar-refractivity contribution in [1.82, 2.24) is 0 Å². The van der Waals surface area contributed by atoms with Crippen LogP contribution in [0.3, 0.4) is 0 Å². The van der Waals surface area contributed by atoms with E-state index >= 15 is 0 Å². The number of hydrogen-bond donors (Lipinski definition) is 0. The molecule has 0 fully saturated rings. The van der Waals surface area contributed by atoms with Gasteiger partial charge in [0.05, 0.1) is 0 Å². The van der Waals surface area contributed by atoms with Crippen molar-refractivity contribution in [3.63, 3.8) is 0 Å². The lowest BCUT2D eigenvalue weighted by atomic mass is 10.0. The summed E-state index contributed by atoms with van der Waals surface area (Å²) in [5, 5.41) is 0. The maximum atomic E-state index is 12.9. The maximum Gasteiger partial charge on any atom is 0.306 e. The largest absolute Gasteiger partial charge is 0.462 e. The van der Waals surface area contributed by atoms with Gasteiger partial charge in [0, 0.05) is 19.3 Å². The van der Waals surface area contributed by atoms with E-state index in [1.54, 1.807) is 0 Å². The molecule has 6 heteroatoms. The van der Waals surface area contributed by atoms with Gasteiger partial charge < -0.3 is 14.2 Å². The minimum Gasteiger partial charge on any atom is -0.462 e. The zero-order chi connectivity index (χ0) is 56.4. The van der Waals surface area contributed by atoms with Crippen LogP contribution in [0.25, 0.3) is 0 Å². The third-order valence-electron chi connectivity index (χ3n) is 14.6. The van der Waals surface area contributed by atoms with Gasteiger partial charge in [-0.3, -0.25) is 14.4 Å². The van der Waals surface area contributed by atoms with Crippen LogP contribution >= 0.6 is 0 Å². The Hall–Kier alpha value is -3.41. The number of carbonyl (C=O) groups excluding carboxylic acids is 3. The fourth-order valence-electron chi connectivity index (χ4n) is 9.62. The Bertz CT molecular complexity index is 1480. The van der Waals surface area contributed by atoms with Crippen molar-refractivity contribution >= 4 is 17.9 Å². The molecule has 0 heterocycles. The number of unbranched alkanes of at least 4 members (excludes halogenated alkanes) is 36. The van der Waals surface area contributed by atoms with Gasteiger partial charge in [0.15, 0.2) is 6.10 Å². The molecule has 450 valence electrons. The highest BCUT2D eigenvalue weighted by Crippen LogP contribution is 2.17. The average molecular weight is 1090 g/mol. The Kier molecular flexibility index (Phi) is 63.2. The predicted molar refractivity (Wildman–Crippen MR) is 339 cm³/mol. The normalized spacial score (nSPS) is 12.6. The predicted octanol–water partition coefficient (Wildman–Crippen LogP) is 23.1. The van der Waals surface area contributed by atoms with Crippen LogP contribution in [0.4, 0.5) is 0 Å². The Morgan fingerprint density at radius 3 is 0.782 bits per heavy atom. The summed E-state index contributed by atoms with van der Waals surface area (Å²) in [6.07, 6.45) is 87.4. The van der Waals surface area contributed by atoms with Gasteiger partial charge in [0.25, 0.3) is 0 Å². The van der Waals surface area contributed by atoms with Crippen molar-refractivity contribution < 1.29 is 28.6 Å². The molecule has 0 bridgehead atoms. The lowest BCUT2D eigenvalue weighted by molar-refractivity contribution is -0.167. The molecule has 0 saturated carbocycles. The van der Waals surface area contributed by atoms with E-state index in [1.165, 1.54) is 199 Å². The number of allylic oxidation sites excluding steroid dienone is 14. The van der Waals surface area contributed by atoms with Gasteiger partial charge in [0.2, 0.25) is 0 Å². The molecule has 0 radical (unpaired) electrons. The van der Waals surface area contributed by atoms with Gasteiger partial charge >= 0.3 is 17.9 Å². The smallest absolute Gasteiger partial charge is 0.306 e. The SMILES string of the molecule is CC/C=C\C/C=C\C/C=C\C/C=C\C/C=C\CCCCCCCCCCCCCC(=O)OCC(COC(=O)CCCCCCCCCCCC)OC(=O)CCCCCCCCCCCCC/C=C\C/C=C\CCCCCCC. The minimum absolute atomic E-state index is 0.0744. The molecule has 0 N–H and O–H groups in total. The highest BCUT2D eigenvalue weighted by Gasteiger charge is 2.19. The van der Waals surface area contributed by atoms with Crippen LogP contribution in [0.15, 0.2) is 85.1 Å². The van der Waals surface area contributed by atoms with Crippen LogP contribution in [0.2, 0.25) is 0 Å². The van der Waals surface area contributed by atoms with Crippen LogP contribution in [-0.4, -0.2) is 37.2 Å².